The second-order valence-corrected chi connectivity index (χ2v) is 6.51. The lowest BCUT2D eigenvalue weighted by Crippen LogP contribution is -2.48. The molecule has 1 atom stereocenters. The van der Waals surface area contributed by atoms with Gasteiger partial charge in [0.2, 0.25) is 0 Å². The number of ether oxygens (including phenoxy) is 1. The molecule has 1 saturated heterocycles. The molecule has 5 heteroatoms. The molecule has 1 fully saturated rings. The van der Waals surface area contributed by atoms with Crippen molar-refractivity contribution in [1.82, 2.24) is 9.80 Å². The minimum Gasteiger partial charge on any atom is -0.444 e. The molecular formula is C14H29N3O2. The van der Waals surface area contributed by atoms with Crippen LogP contribution in [0.25, 0.3) is 0 Å². The van der Waals surface area contributed by atoms with Gasteiger partial charge in [0.25, 0.3) is 0 Å². The third-order valence-electron chi connectivity index (χ3n) is 3.25. The first-order valence-electron chi connectivity index (χ1n) is 7.18. The number of rotatable bonds is 4. The molecule has 1 aliphatic rings. The predicted octanol–water partition coefficient (Wildman–Crippen LogP) is 1.66. The highest BCUT2D eigenvalue weighted by Gasteiger charge is 2.34. The number of nitrogens with zero attached hydrogens (tertiary/aromatic N) is 2. The molecule has 0 aliphatic carbocycles. The molecule has 1 heterocycles. The highest BCUT2D eigenvalue weighted by Crippen LogP contribution is 2.21. The van der Waals surface area contributed by atoms with E-state index in [1.807, 2.05) is 39.5 Å². The Bertz CT molecular complexity index is 300. The van der Waals surface area contributed by atoms with E-state index in [2.05, 4.69) is 4.90 Å². The van der Waals surface area contributed by atoms with Crippen LogP contribution in [0.5, 0.6) is 0 Å². The van der Waals surface area contributed by atoms with Gasteiger partial charge in [-0.15, -0.1) is 0 Å². The summed E-state index contributed by atoms with van der Waals surface area (Å²) >= 11 is 0. The summed E-state index contributed by atoms with van der Waals surface area (Å²) in [6.07, 6.45) is 0.791. The Balaban J connectivity index is 2.66. The standard InChI is InChI=1S/C14H29N3O2/c1-11(2)17(13(18)19-14(3,4)5)12-6-8-16(10-12)9-7-15/h11-12H,6-10,15H2,1-5H3/t12-/m0/s1. The van der Waals surface area contributed by atoms with E-state index in [4.69, 9.17) is 10.5 Å². The van der Waals surface area contributed by atoms with Gasteiger partial charge in [0, 0.05) is 38.3 Å². The number of hydrogen-bond acceptors (Lipinski definition) is 4. The van der Waals surface area contributed by atoms with E-state index in [0.29, 0.717) is 6.54 Å². The number of carbonyl (C=O) groups is 1. The summed E-state index contributed by atoms with van der Waals surface area (Å²) in [7, 11) is 0. The molecule has 2 N–H and O–H groups in total. The summed E-state index contributed by atoms with van der Waals surface area (Å²) < 4.78 is 5.51. The zero-order chi connectivity index (χ0) is 14.6. The lowest BCUT2D eigenvalue weighted by atomic mass is 10.2. The smallest absolute Gasteiger partial charge is 0.410 e. The van der Waals surface area contributed by atoms with Gasteiger partial charge in [-0.05, 0) is 41.0 Å². The van der Waals surface area contributed by atoms with Crippen molar-refractivity contribution in [3.05, 3.63) is 0 Å². The summed E-state index contributed by atoms with van der Waals surface area (Å²) in [5, 5.41) is 0. The van der Waals surface area contributed by atoms with Crippen LogP contribution >= 0.6 is 0 Å². The van der Waals surface area contributed by atoms with Crippen LogP contribution in [0.15, 0.2) is 0 Å². The van der Waals surface area contributed by atoms with E-state index >= 15 is 0 Å². The van der Waals surface area contributed by atoms with Crippen molar-refractivity contribution in [2.24, 2.45) is 5.73 Å². The monoisotopic (exact) mass is 271 g/mol. The van der Waals surface area contributed by atoms with E-state index in [-0.39, 0.29) is 18.2 Å². The van der Waals surface area contributed by atoms with E-state index in [1.54, 1.807) is 0 Å². The van der Waals surface area contributed by atoms with E-state index in [0.717, 1.165) is 26.1 Å². The first-order valence-corrected chi connectivity index (χ1v) is 7.18. The van der Waals surface area contributed by atoms with Gasteiger partial charge >= 0.3 is 6.09 Å². The summed E-state index contributed by atoms with van der Waals surface area (Å²) in [4.78, 5) is 16.5. The molecule has 0 aromatic rings. The van der Waals surface area contributed by atoms with Crippen LogP contribution < -0.4 is 5.73 Å². The third-order valence-corrected chi connectivity index (χ3v) is 3.25. The lowest BCUT2D eigenvalue weighted by molar-refractivity contribution is 0.00950. The Morgan fingerprint density at radius 1 is 1.47 bits per heavy atom. The Hall–Kier alpha value is -0.810. The Labute approximate surface area is 117 Å². The van der Waals surface area contributed by atoms with Gasteiger partial charge in [-0.1, -0.05) is 0 Å². The first kappa shape index (κ1) is 16.2. The van der Waals surface area contributed by atoms with Crippen molar-refractivity contribution in [2.45, 2.75) is 58.7 Å². The molecule has 0 aromatic carbocycles. The Morgan fingerprint density at radius 3 is 2.58 bits per heavy atom. The molecule has 0 radical (unpaired) electrons. The maximum Gasteiger partial charge on any atom is 0.410 e. The molecule has 0 bridgehead atoms. The zero-order valence-electron chi connectivity index (χ0n) is 13.0. The molecule has 1 aliphatic heterocycles. The van der Waals surface area contributed by atoms with Crippen LogP contribution in [-0.4, -0.2) is 59.8 Å². The maximum absolute atomic E-state index is 12.3. The molecule has 112 valence electrons. The van der Waals surface area contributed by atoms with Crippen molar-refractivity contribution in [1.29, 1.82) is 0 Å². The largest absolute Gasteiger partial charge is 0.444 e. The average Bonchev–Trinajstić information content (AvgIpc) is 2.63. The van der Waals surface area contributed by atoms with Crippen molar-refractivity contribution in [3.8, 4) is 0 Å². The molecule has 0 saturated carbocycles. The van der Waals surface area contributed by atoms with Crippen molar-refractivity contribution >= 4 is 6.09 Å². The fourth-order valence-electron chi connectivity index (χ4n) is 2.52. The van der Waals surface area contributed by atoms with Gasteiger partial charge in [-0.25, -0.2) is 4.79 Å². The van der Waals surface area contributed by atoms with Gasteiger partial charge < -0.3 is 15.4 Å². The first-order chi connectivity index (χ1) is 8.74. The SMILES string of the molecule is CC(C)N(C(=O)OC(C)(C)C)[C@H]1CCN(CCN)C1. The van der Waals surface area contributed by atoms with Gasteiger partial charge in [-0.3, -0.25) is 4.90 Å². The lowest BCUT2D eigenvalue weighted by Gasteiger charge is -2.34. The Kier molecular flexibility index (Phi) is 5.62. The molecule has 0 unspecified atom stereocenters. The number of amides is 1. The topological polar surface area (TPSA) is 58.8 Å². The van der Waals surface area contributed by atoms with E-state index < -0.39 is 5.60 Å². The fraction of sp³-hybridized carbons (Fsp3) is 0.929. The predicted molar refractivity (Wildman–Crippen MR) is 77.1 cm³/mol. The number of carbonyl (C=O) groups excluding carboxylic acids is 1. The van der Waals surface area contributed by atoms with Gasteiger partial charge in [0.05, 0.1) is 0 Å². The number of likely N-dealkylation sites (tertiary alicyclic amines) is 1. The van der Waals surface area contributed by atoms with Crippen molar-refractivity contribution in [3.63, 3.8) is 0 Å². The summed E-state index contributed by atoms with van der Waals surface area (Å²) in [6, 6.07) is 0.388. The summed E-state index contributed by atoms with van der Waals surface area (Å²) in [6.45, 7) is 13.3. The zero-order valence-corrected chi connectivity index (χ0v) is 13.0. The summed E-state index contributed by atoms with van der Waals surface area (Å²) in [5.74, 6) is 0. The van der Waals surface area contributed by atoms with Crippen molar-refractivity contribution in [2.75, 3.05) is 26.2 Å². The molecule has 19 heavy (non-hydrogen) atoms. The second kappa shape index (κ2) is 6.57. The average molecular weight is 271 g/mol. The molecule has 0 aromatic heterocycles. The van der Waals surface area contributed by atoms with Crippen LogP contribution in [0.1, 0.15) is 41.0 Å². The van der Waals surface area contributed by atoms with Crippen molar-refractivity contribution < 1.29 is 9.53 Å². The highest BCUT2D eigenvalue weighted by atomic mass is 16.6. The van der Waals surface area contributed by atoms with E-state index in [9.17, 15) is 4.79 Å². The molecule has 5 nitrogen and oxygen atoms in total. The molecular weight excluding hydrogens is 242 g/mol. The third kappa shape index (κ3) is 4.99. The van der Waals surface area contributed by atoms with Gasteiger partial charge in [0.1, 0.15) is 5.60 Å². The molecule has 1 rings (SSSR count). The summed E-state index contributed by atoms with van der Waals surface area (Å²) in [5.41, 5.74) is 5.14. The highest BCUT2D eigenvalue weighted by molar-refractivity contribution is 5.69. The molecule has 1 amide bonds. The van der Waals surface area contributed by atoms with Crippen LogP contribution in [-0.2, 0) is 4.74 Å². The van der Waals surface area contributed by atoms with Gasteiger partial charge in [-0.2, -0.15) is 0 Å². The maximum atomic E-state index is 12.3. The van der Waals surface area contributed by atoms with Crippen LogP contribution in [0, 0.1) is 0 Å². The fourth-order valence-corrected chi connectivity index (χ4v) is 2.52. The van der Waals surface area contributed by atoms with Crippen LogP contribution in [0.3, 0.4) is 0 Å². The molecule has 0 spiro atoms. The number of hydrogen-bond donors (Lipinski definition) is 1. The van der Waals surface area contributed by atoms with Crippen LogP contribution in [0.4, 0.5) is 4.79 Å². The minimum atomic E-state index is -0.445. The normalized spacial score (nSPS) is 20.9. The van der Waals surface area contributed by atoms with Gasteiger partial charge in [0.15, 0.2) is 0 Å². The van der Waals surface area contributed by atoms with E-state index in [1.165, 1.54) is 0 Å². The minimum absolute atomic E-state index is 0.151. The Morgan fingerprint density at radius 2 is 2.11 bits per heavy atom. The van der Waals surface area contributed by atoms with Crippen LogP contribution in [0.2, 0.25) is 0 Å². The number of nitrogens with two attached hydrogens (primary N) is 1. The second-order valence-electron chi connectivity index (χ2n) is 6.51. The quantitative estimate of drug-likeness (QED) is 0.845.